The Balaban J connectivity index is 1.77. The summed E-state index contributed by atoms with van der Waals surface area (Å²) in [7, 11) is 0. The molecule has 0 aromatic rings. The molecule has 2 rings (SSSR count). The maximum absolute atomic E-state index is 12.0. The number of nitrogens with one attached hydrogen (secondary N) is 2. The Bertz CT molecular complexity index is 361. The van der Waals surface area contributed by atoms with E-state index in [1.165, 1.54) is 18.4 Å². The Labute approximate surface area is 127 Å². The zero-order valence-corrected chi connectivity index (χ0v) is 13.2. The van der Waals surface area contributed by atoms with E-state index in [1.54, 1.807) is 0 Å². The van der Waals surface area contributed by atoms with Crippen molar-refractivity contribution in [2.45, 2.75) is 64.1 Å². The minimum atomic E-state index is -0.0896. The Hall–Kier alpha value is -1.07. The van der Waals surface area contributed by atoms with Gasteiger partial charge in [-0.3, -0.25) is 0 Å². The van der Waals surface area contributed by atoms with Crippen molar-refractivity contribution in [3.05, 3.63) is 11.6 Å². The molecule has 2 N–H and O–H groups in total. The topological polar surface area (TPSA) is 59.6 Å². The van der Waals surface area contributed by atoms with Crippen molar-refractivity contribution < 1.29 is 14.3 Å². The fraction of sp³-hybridized carbons (Fsp3) is 0.812. The first-order chi connectivity index (χ1) is 10.1. The second-order valence-electron chi connectivity index (χ2n) is 6.22. The van der Waals surface area contributed by atoms with Gasteiger partial charge in [0.15, 0.2) is 0 Å². The molecule has 120 valence electrons. The first-order valence-corrected chi connectivity index (χ1v) is 8.05. The molecule has 2 amide bonds. The van der Waals surface area contributed by atoms with E-state index in [1.807, 2.05) is 0 Å². The number of allylic oxidation sites excluding steroid dienone is 1. The van der Waals surface area contributed by atoms with Gasteiger partial charge in [-0.15, -0.1) is 0 Å². The smallest absolute Gasteiger partial charge is 0.315 e. The fourth-order valence-corrected chi connectivity index (χ4v) is 2.86. The normalized spacial score (nSPS) is 26.4. The van der Waals surface area contributed by atoms with Crippen molar-refractivity contribution in [3.63, 3.8) is 0 Å². The summed E-state index contributed by atoms with van der Waals surface area (Å²) in [5, 5.41) is 6.06. The lowest BCUT2D eigenvalue weighted by atomic mass is 10.1. The molecule has 0 bridgehead atoms. The van der Waals surface area contributed by atoms with Crippen LogP contribution in [0.1, 0.15) is 46.0 Å². The molecule has 0 unspecified atom stereocenters. The summed E-state index contributed by atoms with van der Waals surface area (Å²) in [4.78, 5) is 12.0. The van der Waals surface area contributed by atoms with Crippen molar-refractivity contribution >= 4 is 6.03 Å². The van der Waals surface area contributed by atoms with Crippen LogP contribution in [0.25, 0.3) is 0 Å². The molecular formula is C16H28N2O3. The van der Waals surface area contributed by atoms with Crippen LogP contribution in [0.5, 0.6) is 0 Å². The van der Waals surface area contributed by atoms with Crippen LogP contribution in [-0.2, 0) is 9.47 Å². The molecule has 1 heterocycles. The zero-order valence-electron chi connectivity index (χ0n) is 13.2. The number of hydrogen-bond acceptors (Lipinski definition) is 3. The molecule has 0 radical (unpaired) electrons. The molecule has 0 aromatic heterocycles. The highest BCUT2D eigenvalue weighted by Crippen LogP contribution is 2.18. The van der Waals surface area contributed by atoms with E-state index in [-0.39, 0.29) is 18.2 Å². The summed E-state index contributed by atoms with van der Waals surface area (Å²) < 4.78 is 11.4. The highest BCUT2D eigenvalue weighted by molar-refractivity contribution is 5.74. The lowest BCUT2D eigenvalue weighted by Crippen LogP contribution is -2.54. The Morgan fingerprint density at radius 1 is 1.24 bits per heavy atom. The van der Waals surface area contributed by atoms with Crippen LogP contribution in [0.2, 0.25) is 0 Å². The molecule has 0 spiro atoms. The average Bonchev–Trinajstić information content (AvgIpc) is 2.93. The number of carbonyl (C=O) groups excluding carboxylic acids is 1. The molecule has 5 nitrogen and oxygen atoms in total. The molecule has 2 aliphatic rings. The monoisotopic (exact) mass is 296 g/mol. The molecule has 1 saturated carbocycles. The van der Waals surface area contributed by atoms with E-state index >= 15 is 0 Å². The Morgan fingerprint density at radius 2 is 2.00 bits per heavy atom. The molecule has 2 atom stereocenters. The van der Waals surface area contributed by atoms with Crippen molar-refractivity contribution in [2.75, 3.05) is 19.8 Å². The van der Waals surface area contributed by atoms with Gasteiger partial charge in [-0.25, -0.2) is 4.79 Å². The van der Waals surface area contributed by atoms with E-state index in [2.05, 4.69) is 30.6 Å². The van der Waals surface area contributed by atoms with Crippen LogP contribution in [0, 0.1) is 0 Å². The van der Waals surface area contributed by atoms with Crippen LogP contribution in [0.4, 0.5) is 4.79 Å². The van der Waals surface area contributed by atoms with Crippen LogP contribution < -0.4 is 10.6 Å². The second kappa shape index (κ2) is 8.39. The highest BCUT2D eigenvalue weighted by atomic mass is 16.5. The van der Waals surface area contributed by atoms with Gasteiger partial charge in [0.05, 0.1) is 25.4 Å². The van der Waals surface area contributed by atoms with Crippen molar-refractivity contribution in [2.24, 2.45) is 0 Å². The molecule has 1 aliphatic carbocycles. The van der Waals surface area contributed by atoms with Gasteiger partial charge in [0, 0.05) is 12.6 Å². The number of rotatable bonds is 5. The predicted molar refractivity (Wildman–Crippen MR) is 82.3 cm³/mol. The van der Waals surface area contributed by atoms with Gasteiger partial charge in [-0.1, -0.05) is 24.5 Å². The van der Waals surface area contributed by atoms with E-state index in [0.717, 1.165) is 19.3 Å². The minimum absolute atomic E-state index is 0.0312. The summed E-state index contributed by atoms with van der Waals surface area (Å²) in [5.41, 5.74) is 1.24. The summed E-state index contributed by atoms with van der Waals surface area (Å²) in [6, 6.07) is 0.179. The van der Waals surface area contributed by atoms with Crippen LogP contribution in [0.3, 0.4) is 0 Å². The second-order valence-corrected chi connectivity index (χ2v) is 6.22. The molecule has 2 fully saturated rings. The number of amides is 2. The first-order valence-electron chi connectivity index (χ1n) is 8.05. The maximum atomic E-state index is 12.0. The van der Waals surface area contributed by atoms with Crippen molar-refractivity contribution in [3.8, 4) is 0 Å². The van der Waals surface area contributed by atoms with Gasteiger partial charge >= 0.3 is 6.03 Å². The van der Waals surface area contributed by atoms with Crippen LogP contribution >= 0.6 is 0 Å². The molecular weight excluding hydrogens is 268 g/mol. The zero-order chi connectivity index (χ0) is 15.1. The number of ether oxygens (including phenoxy) is 2. The molecule has 0 aromatic carbocycles. The molecule has 21 heavy (non-hydrogen) atoms. The molecule has 1 aliphatic heterocycles. The van der Waals surface area contributed by atoms with Gasteiger partial charge in [-0.05, 0) is 33.1 Å². The van der Waals surface area contributed by atoms with Gasteiger partial charge < -0.3 is 20.1 Å². The van der Waals surface area contributed by atoms with Crippen molar-refractivity contribution in [1.29, 1.82) is 0 Å². The highest BCUT2D eigenvalue weighted by Gasteiger charge is 2.28. The van der Waals surface area contributed by atoms with Crippen LogP contribution in [-0.4, -0.2) is 44.0 Å². The number of carbonyl (C=O) groups is 1. The summed E-state index contributed by atoms with van der Waals surface area (Å²) in [6.07, 6.45) is 7.53. The van der Waals surface area contributed by atoms with Gasteiger partial charge in [0.25, 0.3) is 0 Å². The van der Waals surface area contributed by atoms with E-state index in [4.69, 9.17) is 9.47 Å². The summed E-state index contributed by atoms with van der Waals surface area (Å²) in [5.74, 6) is 0. The third kappa shape index (κ3) is 5.67. The maximum Gasteiger partial charge on any atom is 0.315 e. The van der Waals surface area contributed by atoms with Gasteiger partial charge in [0.1, 0.15) is 0 Å². The quantitative estimate of drug-likeness (QED) is 0.766. The van der Waals surface area contributed by atoms with E-state index in [0.29, 0.717) is 25.9 Å². The molecule has 1 saturated heterocycles. The summed E-state index contributed by atoms with van der Waals surface area (Å²) >= 11 is 0. The van der Waals surface area contributed by atoms with Gasteiger partial charge in [0.2, 0.25) is 0 Å². The standard InChI is InChI=1S/C16H28N2O3/c1-12(2)7-10-21-15-8-9-20-11-14(15)18-16(19)17-13-5-3-4-6-13/h7,13-15H,3-6,8-11H2,1-2H3,(H2,17,18,19)/t14-,15+/m0/s1. The largest absolute Gasteiger partial charge is 0.379 e. The predicted octanol–water partition coefficient (Wildman–Crippen LogP) is 2.37. The van der Waals surface area contributed by atoms with Crippen LogP contribution in [0.15, 0.2) is 11.6 Å². The summed E-state index contributed by atoms with van der Waals surface area (Å²) in [6.45, 7) is 5.92. The number of hydrogen-bond donors (Lipinski definition) is 2. The van der Waals surface area contributed by atoms with Gasteiger partial charge in [-0.2, -0.15) is 0 Å². The lowest BCUT2D eigenvalue weighted by molar-refractivity contribution is -0.0446. The van der Waals surface area contributed by atoms with E-state index < -0.39 is 0 Å². The number of urea groups is 1. The third-order valence-electron chi connectivity index (χ3n) is 4.10. The fourth-order valence-electron chi connectivity index (χ4n) is 2.86. The first kappa shape index (κ1) is 16.3. The van der Waals surface area contributed by atoms with E-state index in [9.17, 15) is 4.79 Å². The molecule has 5 heteroatoms. The lowest BCUT2D eigenvalue weighted by Gasteiger charge is -2.32. The minimum Gasteiger partial charge on any atom is -0.379 e. The third-order valence-corrected chi connectivity index (χ3v) is 4.10. The van der Waals surface area contributed by atoms with Crippen molar-refractivity contribution in [1.82, 2.24) is 10.6 Å². The Morgan fingerprint density at radius 3 is 2.71 bits per heavy atom. The Kier molecular flexibility index (Phi) is 6.51. The SMILES string of the molecule is CC(C)=CCO[C@@H]1CCOC[C@@H]1NC(=O)NC1CCCC1. The average molecular weight is 296 g/mol.